The van der Waals surface area contributed by atoms with Gasteiger partial charge in [-0.3, -0.25) is 4.79 Å². The number of carbonyl (C=O) groups is 1. The summed E-state index contributed by atoms with van der Waals surface area (Å²) in [5, 5.41) is 3.23. The molecule has 1 aromatic carbocycles. The highest BCUT2D eigenvalue weighted by Crippen LogP contribution is 2.29. The zero-order chi connectivity index (χ0) is 15.7. The molecule has 0 radical (unpaired) electrons. The summed E-state index contributed by atoms with van der Waals surface area (Å²) in [6.07, 6.45) is 0. The van der Waals surface area contributed by atoms with Crippen LogP contribution >= 0.6 is 23.2 Å². The van der Waals surface area contributed by atoms with Crippen molar-refractivity contribution in [2.45, 2.75) is 45.2 Å². The number of hydrogen-bond acceptors (Lipinski definition) is 2. The van der Waals surface area contributed by atoms with Gasteiger partial charge in [0, 0.05) is 11.1 Å². The Bertz CT molecular complexity index is 664. The van der Waals surface area contributed by atoms with Crippen molar-refractivity contribution in [1.29, 1.82) is 0 Å². The quantitative estimate of drug-likeness (QED) is 0.860. The molecule has 0 aliphatic heterocycles. The second-order valence-corrected chi connectivity index (χ2v) is 6.52. The lowest BCUT2D eigenvalue weighted by Gasteiger charge is -2.19. The molecule has 2 atom stereocenters. The van der Waals surface area contributed by atoms with Crippen LogP contribution < -0.4 is 5.32 Å². The van der Waals surface area contributed by atoms with E-state index in [0.29, 0.717) is 10.8 Å². The number of aromatic nitrogens is 2. The molecule has 0 aliphatic rings. The first kappa shape index (κ1) is 16.1. The highest BCUT2D eigenvalue weighted by molar-refractivity contribution is 6.31. The van der Waals surface area contributed by atoms with Crippen LogP contribution in [0.4, 0.5) is 0 Å². The van der Waals surface area contributed by atoms with E-state index >= 15 is 0 Å². The van der Waals surface area contributed by atoms with Gasteiger partial charge in [0.2, 0.25) is 5.91 Å². The van der Waals surface area contributed by atoms with Gasteiger partial charge in [-0.1, -0.05) is 11.6 Å². The van der Waals surface area contributed by atoms with Gasteiger partial charge in [-0.25, -0.2) is 4.98 Å². The van der Waals surface area contributed by atoms with Crippen LogP contribution in [-0.2, 0) is 4.79 Å². The molecule has 0 saturated carbocycles. The van der Waals surface area contributed by atoms with Gasteiger partial charge < -0.3 is 9.88 Å². The average molecular weight is 328 g/mol. The van der Waals surface area contributed by atoms with E-state index in [1.165, 1.54) is 0 Å². The first-order valence-corrected chi connectivity index (χ1v) is 7.74. The van der Waals surface area contributed by atoms with Crippen LogP contribution in [-0.4, -0.2) is 21.5 Å². The average Bonchev–Trinajstić information content (AvgIpc) is 2.75. The Kier molecular flexibility index (Phi) is 4.79. The van der Waals surface area contributed by atoms with E-state index in [-0.39, 0.29) is 17.3 Å². The summed E-state index contributed by atoms with van der Waals surface area (Å²) in [6.45, 7) is 7.55. The number of benzene rings is 1. The third-order valence-corrected chi connectivity index (χ3v) is 3.66. The topological polar surface area (TPSA) is 46.9 Å². The molecule has 0 spiro atoms. The van der Waals surface area contributed by atoms with Gasteiger partial charge in [0.05, 0.1) is 16.4 Å². The molecule has 1 aromatic heterocycles. The lowest BCUT2D eigenvalue weighted by molar-refractivity contribution is -0.124. The molecule has 2 aromatic rings. The largest absolute Gasteiger partial charge is 0.352 e. The third-order valence-electron chi connectivity index (χ3n) is 3.23. The van der Waals surface area contributed by atoms with Gasteiger partial charge in [-0.2, -0.15) is 0 Å². The Morgan fingerprint density at radius 2 is 1.95 bits per heavy atom. The molecule has 4 nitrogen and oxygen atoms in total. The molecule has 114 valence electrons. The van der Waals surface area contributed by atoms with E-state index in [0.717, 1.165) is 11.0 Å². The van der Waals surface area contributed by atoms with E-state index < -0.39 is 6.04 Å². The zero-order valence-corrected chi connectivity index (χ0v) is 14.0. The van der Waals surface area contributed by atoms with Crippen molar-refractivity contribution < 1.29 is 4.79 Å². The van der Waals surface area contributed by atoms with Crippen LogP contribution in [0.1, 0.15) is 44.9 Å². The third kappa shape index (κ3) is 3.33. The molecular formula is C15H19Cl2N3O. The molecule has 0 fully saturated rings. The van der Waals surface area contributed by atoms with E-state index in [1.54, 1.807) is 12.1 Å². The molecular weight excluding hydrogens is 309 g/mol. The number of carbonyl (C=O) groups excluding carboxylic acids is 1. The van der Waals surface area contributed by atoms with Gasteiger partial charge in [0.15, 0.2) is 0 Å². The standard InChI is InChI=1S/C15H19Cl2N3O/c1-8(2)18-15(21)10(4)20-13-6-5-11(17)7-12(13)19-14(20)9(3)16/h5-10H,1-4H3,(H,18,21). The Morgan fingerprint density at radius 1 is 1.29 bits per heavy atom. The molecule has 1 amide bonds. The molecule has 2 unspecified atom stereocenters. The smallest absolute Gasteiger partial charge is 0.243 e. The number of alkyl halides is 1. The number of fused-ring (bicyclic) bond motifs is 1. The van der Waals surface area contributed by atoms with Crippen molar-refractivity contribution in [2.24, 2.45) is 0 Å². The minimum absolute atomic E-state index is 0.0576. The maximum absolute atomic E-state index is 12.3. The van der Waals surface area contributed by atoms with Gasteiger partial charge in [0.25, 0.3) is 0 Å². The van der Waals surface area contributed by atoms with Gasteiger partial charge >= 0.3 is 0 Å². The number of halogens is 2. The fraction of sp³-hybridized carbons (Fsp3) is 0.467. The predicted octanol–water partition coefficient (Wildman–Crippen LogP) is 4.08. The summed E-state index contributed by atoms with van der Waals surface area (Å²) in [4.78, 5) is 16.8. The maximum Gasteiger partial charge on any atom is 0.243 e. The van der Waals surface area contributed by atoms with Crippen LogP contribution in [0, 0.1) is 0 Å². The summed E-state index contributed by atoms with van der Waals surface area (Å²) in [5.74, 6) is 0.609. The van der Waals surface area contributed by atoms with Crippen LogP contribution in [0.15, 0.2) is 18.2 Å². The number of amides is 1. The summed E-state index contributed by atoms with van der Waals surface area (Å²) >= 11 is 12.2. The Hall–Kier alpha value is -1.26. The Labute approximate surface area is 134 Å². The molecule has 1 heterocycles. The van der Waals surface area contributed by atoms with Crippen molar-refractivity contribution in [1.82, 2.24) is 14.9 Å². The first-order valence-electron chi connectivity index (χ1n) is 6.93. The van der Waals surface area contributed by atoms with Crippen LogP contribution in [0.2, 0.25) is 5.02 Å². The number of nitrogens with zero attached hydrogens (tertiary/aromatic N) is 2. The molecule has 2 rings (SSSR count). The summed E-state index contributed by atoms with van der Waals surface area (Å²) in [7, 11) is 0. The van der Waals surface area contributed by atoms with E-state index in [2.05, 4.69) is 10.3 Å². The molecule has 6 heteroatoms. The highest BCUT2D eigenvalue weighted by atomic mass is 35.5. The van der Waals surface area contributed by atoms with Crippen molar-refractivity contribution in [3.8, 4) is 0 Å². The molecule has 0 saturated heterocycles. The lowest BCUT2D eigenvalue weighted by Crippen LogP contribution is -2.36. The van der Waals surface area contributed by atoms with E-state index in [9.17, 15) is 4.79 Å². The number of imidazole rings is 1. The zero-order valence-electron chi connectivity index (χ0n) is 12.5. The number of rotatable bonds is 4. The summed E-state index contributed by atoms with van der Waals surface area (Å²) in [6, 6.07) is 5.13. The minimum Gasteiger partial charge on any atom is -0.352 e. The van der Waals surface area contributed by atoms with Crippen molar-refractivity contribution in [3.05, 3.63) is 29.0 Å². The molecule has 21 heavy (non-hydrogen) atoms. The monoisotopic (exact) mass is 327 g/mol. The highest BCUT2D eigenvalue weighted by Gasteiger charge is 2.24. The summed E-state index contributed by atoms with van der Waals surface area (Å²) in [5.41, 5.74) is 1.60. The van der Waals surface area contributed by atoms with Crippen LogP contribution in [0.25, 0.3) is 11.0 Å². The predicted molar refractivity (Wildman–Crippen MR) is 87.0 cm³/mol. The minimum atomic E-state index is -0.394. The van der Waals surface area contributed by atoms with Gasteiger partial charge in [0.1, 0.15) is 11.9 Å². The van der Waals surface area contributed by atoms with Crippen molar-refractivity contribution in [3.63, 3.8) is 0 Å². The SMILES string of the molecule is CC(C)NC(=O)C(C)n1c(C(C)Cl)nc2cc(Cl)ccc21. The lowest BCUT2D eigenvalue weighted by atomic mass is 10.2. The normalized spacial score (nSPS) is 14.4. The Balaban J connectivity index is 2.54. The molecule has 0 bridgehead atoms. The van der Waals surface area contributed by atoms with Crippen molar-refractivity contribution in [2.75, 3.05) is 0 Å². The first-order chi connectivity index (χ1) is 9.81. The van der Waals surface area contributed by atoms with E-state index in [1.807, 2.05) is 38.3 Å². The second kappa shape index (κ2) is 6.24. The molecule has 0 aliphatic carbocycles. The maximum atomic E-state index is 12.3. The molecule has 1 N–H and O–H groups in total. The van der Waals surface area contributed by atoms with Gasteiger partial charge in [-0.05, 0) is 45.9 Å². The van der Waals surface area contributed by atoms with Crippen LogP contribution in [0.5, 0.6) is 0 Å². The number of nitrogens with one attached hydrogen (secondary N) is 1. The van der Waals surface area contributed by atoms with E-state index in [4.69, 9.17) is 23.2 Å². The number of hydrogen-bond donors (Lipinski definition) is 1. The van der Waals surface area contributed by atoms with Crippen LogP contribution in [0.3, 0.4) is 0 Å². The fourth-order valence-electron chi connectivity index (χ4n) is 2.30. The van der Waals surface area contributed by atoms with Crippen molar-refractivity contribution >= 4 is 40.1 Å². The Morgan fingerprint density at radius 3 is 2.52 bits per heavy atom. The fourth-order valence-corrected chi connectivity index (χ4v) is 2.62. The summed E-state index contributed by atoms with van der Waals surface area (Å²) < 4.78 is 1.88. The van der Waals surface area contributed by atoms with Gasteiger partial charge in [-0.15, -0.1) is 11.6 Å². The second-order valence-electron chi connectivity index (χ2n) is 5.43.